The molecule has 0 radical (unpaired) electrons. The van der Waals surface area contributed by atoms with E-state index in [4.69, 9.17) is 18.9 Å². The van der Waals surface area contributed by atoms with Gasteiger partial charge in [-0.05, 0) is 42.7 Å². The third kappa shape index (κ3) is 4.28. The van der Waals surface area contributed by atoms with Gasteiger partial charge in [0.1, 0.15) is 6.61 Å². The predicted molar refractivity (Wildman–Crippen MR) is 97.8 cm³/mol. The van der Waals surface area contributed by atoms with Gasteiger partial charge in [-0.15, -0.1) is 0 Å². The molecule has 2 aromatic rings. The van der Waals surface area contributed by atoms with Crippen molar-refractivity contribution in [1.29, 1.82) is 0 Å². The van der Waals surface area contributed by atoms with Crippen molar-refractivity contribution >= 4 is 11.7 Å². The van der Waals surface area contributed by atoms with Crippen LogP contribution in [-0.4, -0.2) is 32.2 Å². The van der Waals surface area contributed by atoms with E-state index in [1.165, 1.54) is 45.6 Å². The van der Waals surface area contributed by atoms with Crippen molar-refractivity contribution < 1.29 is 28.7 Å². The second kappa shape index (κ2) is 8.39. The van der Waals surface area contributed by atoms with Crippen LogP contribution in [0.3, 0.4) is 0 Å². The van der Waals surface area contributed by atoms with Gasteiger partial charge in [0.15, 0.2) is 11.5 Å². The first-order chi connectivity index (χ1) is 12.8. The van der Waals surface area contributed by atoms with Gasteiger partial charge in [0.2, 0.25) is 5.75 Å². The summed E-state index contributed by atoms with van der Waals surface area (Å²) in [6.07, 6.45) is 0. The standard InChI is InChI=1S/C19H21NO7/c1-11-6-14(20(22)23)7-12(2)15(11)10-27-17-9-13(19(21)26-5)8-16(24-3)18(17)25-4/h6-9H,10H2,1-5H3. The van der Waals surface area contributed by atoms with Crippen LogP contribution in [0.15, 0.2) is 24.3 Å². The van der Waals surface area contributed by atoms with Crippen molar-refractivity contribution in [2.45, 2.75) is 20.5 Å². The Balaban J connectivity index is 2.40. The van der Waals surface area contributed by atoms with E-state index in [9.17, 15) is 14.9 Å². The molecular weight excluding hydrogens is 354 g/mol. The monoisotopic (exact) mass is 375 g/mol. The summed E-state index contributed by atoms with van der Waals surface area (Å²) < 4.78 is 21.2. The molecule has 0 saturated heterocycles. The van der Waals surface area contributed by atoms with Crippen molar-refractivity contribution in [2.75, 3.05) is 21.3 Å². The lowest BCUT2D eigenvalue weighted by molar-refractivity contribution is -0.385. The maximum atomic E-state index is 11.9. The van der Waals surface area contributed by atoms with Crippen LogP contribution >= 0.6 is 0 Å². The Morgan fingerprint density at radius 2 is 1.59 bits per heavy atom. The Hall–Kier alpha value is -3.29. The zero-order chi connectivity index (χ0) is 20.1. The van der Waals surface area contributed by atoms with Gasteiger partial charge in [0.25, 0.3) is 5.69 Å². The summed E-state index contributed by atoms with van der Waals surface area (Å²) in [4.78, 5) is 22.4. The number of hydrogen-bond donors (Lipinski definition) is 0. The highest BCUT2D eigenvalue weighted by Crippen LogP contribution is 2.39. The third-order valence-corrected chi connectivity index (χ3v) is 4.13. The van der Waals surface area contributed by atoms with E-state index in [0.717, 1.165) is 16.7 Å². The molecule has 0 aliphatic heterocycles. The minimum Gasteiger partial charge on any atom is -0.493 e. The number of esters is 1. The number of rotatable bonds is 7. The number of hydrogen-bond acceptors (Lipinski definition) is 7. The van der Waals surface area contributed by atoms with Gasteiger partial charge in [0.05, 0.1) is 31.8 Å². The van der Waals surface area contributed by atoms with E-state index in [0.29, 0.717) is 17.2 Å². The first-order valence-corrected chi connectivity index (χ1v) is 8.04. The van der Waals surface area contributed by atoms with E-state index < -0.39 is 10.9 Å². The average molecular weight is 375 g/mol. The largest absolute Gasteiger partial charge is 0.493 e. The van der Waals surface area contributed by atoms with Gasteiger partial charge in [-0.1, -0.05) is 0 Å². The van der Waals surface area contributed by atoms with Gasteiger partial charge in [-0.3, -0.25) is 10.1 Å². The minimum atomic E-state index is -0.538. The van der Waals surface area contributed by atoms with Gasteiger partial charge in [-0.25, -0.2) is 4.79 Å². The molecule has 0 amide bonds. The number of methoxy groups -OCH3 is 3. The first kappa shape index (κ1) is 20.0. The molecule has 0 aliphatic carbocycles. The zero-order valence-electron chi connectivity index (χ0n) is 15.8. The number of aryl methyl sites for hydroxylation is 2. The second-order valence-electron chi connectivity index (χ2n) is 5.81. The van der Waals surface area contributed by atoms with Crippen LogP contribution in [0.5, 0.6) is 17.2 Å². The van der Waals surface area contributed by atoms with Crippen LogP contribution < -0.4 is 14.2 Å². The molecule has 2 aromatic carbocycles. The minimum absolute atomic E-state index is 0.0284. The lowest BCUT2D eigenvalue weighted by atomic mass is 10.0. The Morgan fingerprint density at radius 1 is 1.00 bits per heavy atom. The predicted octanol–water partition coefficient (Wildman–Crippen LogP) is 3.59. The fourth-order valence-electron chi connectivity index (χ4n) is 2.73. The highest BCUT2D eigenvalue weighted by Gasteiger charge is 2.19. The molecule has 0 aromatic heterocycles. The Bertz CT molecular complexity index is 854. The van der Waals surface area contributed by atoms with Crippen LogP contribution in [0.25, 0.3) is 0 Å². The number of carbonyl (C=O) groups is 1. The molecule has 0 heterocycles. The SMILES string of the molecule is COC(=O)c1cc(OC)c(OC)c(OCc2c(C)cc([N+](=O)[O-])cc2C)c1. The number of nitro benzene ring substituents is 1. The van der Waals surface area contributed by atoms with Gasteiger partial charge < -0.3 is 18.9 Å². The highest BCUT2D eigenvalue weighted by molar-refractivity contribution is 5.91. The number of nitrogens with zero attached hydrogens (tertiary/aromatic N) is 1. The summed E-state index contributed by atoms with van der Waals surface area (Å²) in [5.74, 6) is 0.424. The normalized spacial score (nSPS) is 10.3. The van der Waals surface area contributed by atoms with E-state index in [-0.39, 0.29) is 17.9 Å². The highest BCUT2D eigenvalue weighted by atomic mass is 16.6. The molecule has 2 rings (SSSR count). The molecule has 0 spiro atoms. The van der Waals surface area contributed by atoms with E-state index >= 15 is 0 Å². The van der Waals surface area contributed by atoms with Crippen molar-refractivity contribution in [3.05, 3.63) is 56.6 Å². The third-order valence-electron chi connectivity index (χ3n) is 4.13. The van der Waals surface area contributed by atoms with Crippen molar-refractivity contribution in [2.24, 2.45) is 0 Å². The number of non-ortho nitro benzene ring substituents is 1. The molecule has 0 fully saturated rings. The van der Waals surface area contributed by atoms with Crippen molar-refractivity contribution in [1.82, 2.24) is 0 Å². The van der Waals surface area contributed by atoms with Gasteiger partial charge in [0, 0.05) is 12.1 Å². The van der Waals surface area contributed by atoms with Crippen molar-refractivity contribution in [3.8, 4) is 17.2 Å². The Labute approximate surface area is 156 Å². The van der Waals surface area contributed by atoms with Crippen LogP contribution in [-0.2, 0) is 11.3 Å². The second-order valence-corrected chi connectivity index (χ2v) is 5.81. The van der Waals surface area contributed by atoms with E-state index in [1.54, 1.807) is 13.8 Å². The molecule has 144 valence electrons. The summed E-state index contributed by atoms with van der Waals surface area (Å²) in [5, 5.41) is 11.0. The molecule has 0 N–H and O–H groups in total. The zero-order valence-corrected chi connectivity index (χ0v) is 15.8. The summed E-state index contributed by atoms with van der Waals surface area (Å²) in [5.41, 5.74) is 2.56. The van der Waals surface area contributed by atoms with Crippen LogP contribution in [0, 0.1) is 24.0 Å². The van der Waals surface area contributed by atoms with Gasteiger partial charge >= 0.3 is 5.97 Å². The Kier molecular flexibility index (Phi) is 6.23. The average Bonchev–Trinajstić information content (AvgIpc) is 2.65. The molecular formula is C19H21NO7. The molecule has 0 aliphatic rings. The first-order valence-electron chi connectivity index (χ1n) is 8.04. The van der Waals surface area contributed by atoms with Crippen LogP contribution in [0.2, 0.25) is 0 Å². The molecule has 0 unspecified atom stereocenters. The molecule has 0 saturated carbocycles. The summed E-state index contributed by atoms with van der Waals surface area (Å²) in [7, 11) is 4.20. The smallest absolute Gasteiger partial charge is 0.338 e. The van der Waals surface area contributed by atoms with Crippen LogP contribution in [0.1, 0.15) is 27.0 Å². The summed E-state index contributed by atoms with van der Waals surface area (Å²) >= 11 is 0. The van der Waals surface area contributed by atoms with E-state index in [2.05, 4.69) is 0 Å². The summed E-state index contributed by atoms with van der Waals surface area (Å²) in [6.45, 7) is 3.70. The van der Waals surface area contributed by atoms with E-state index in [1.807, 2.05) is 0 Å². The lowest BCUT2D eigenvalue weighted by Gasteiger charge is -2.17. The molecule has 8 nitrogen and oxygen atoms in total. The quantitative estimate of drug-likeness (QED) is 0.414. The fraction of sp³-hybridized carbons (Fsp3) is 0.316. The number of ether oxygens (including phenoxy) is 4. The lowest BCUT2D eigenvalue weighted by Crippen LogP contribution is -2.07. The van der Waals surface area contributed by atoms with Gasteiger partial charge in [-0.2, -0.15) is 0 Å². The van der Waals surface area contributed by atoms with Crippen molar-refractivity contribution in [3.63, 3.8) is 0 Å². The fourth-order valence-corrected chi connectivity index (χ4v) is 2.73. The number of nitro groups is 1. The maximum Gasteiger partial charge on any atom is 0.338 e. The molecule has 0 bridgehead atoms. The number of carbonyl (C=O) groups excluding carboxylic acids is 1. The maximum absolute atomic E-state index is 11.9. The molecule has 8 heteroatoms. The number of benzene rings is 2. The Morgan fingerprint density at radius 3 is 2.07 bits per heavy atom. The summed E-state index contributed by atoms with van der Waals surface area (Å²) in [6, 6.07) is 5.99. The topological polar surface area (TPSA) is 97.1 Å². The van der Waals surface area contributed by atoms with Crippen LogP contribution in [0.4, 0.5) is 5.69 Å². The molecule has 27 heavy (non-hydrogen) atoms. The molecule has 0 atom stereocenters.